The van der Waals surface area contributed by atoms with E-state index in [0.29, 0.717) is 0 Å². The number of H-pyrrole nitrogens is 1. The molecular weight excluding hydrogens is 515 g/mol. The molecule has 39 heavy (non-hydrogen) atoms. The lowest BCUT2D eigenvalue weighted by Gasteiger charge is -2.26. The van der Waals surface area contributed by atoms with Crippen molar-refractivity contribution in [2.24, 2.45) is 5.92 Å². The molecular formula is C27H30F3N5O4. The number of nitrogens with zero attached hydrogens (tertiary/aromatic N) is 4. The lowest BCUT2D eigenvalue weighted by atomic mass is 9.94. The number of carboxylic acid groups (broad SMARTS) is 1. The van der Waals surface area contributed by atoms with E-state index in [2.05, 4.69) is 26.4 Å². The smallest absolute Gasteiger partial charge is 0.490 e. The monoisotopic (exact) mass is 545 g/mol. The average molecular weight is 546 g/mol. The molecule has 208 valence electrons. The van der Waals surface area contributed by atoms with Crippen molar-refractivity contribution in [3.05, 3.63) is 53.5 Å². The van der Waals surface area contributed by atoms with Gasteiger partial charge in [0.1, 0.15) is 5.75 Å². The number of rotatable bonds is 6. The summed E-state index contributed by atoms with van der Waals surface area (Å²) in [7, 11) is 1.67. The fourth-order valence-corrected chi connectivity index (χ4v) is 5.04. The molecule has 6 rings (SSSR count). The fourth-order valence-electron chi connectivity index (χ4n) is 5.04. The summed E-state index contributed by atoms with van der Waals surface area (Å²) < 4.78 is 39.1. The van der Waals surface area contributed by atoms with Crippen LogP contribution in [-0.2, 0) is 34.4 Å². The van der Waals surface area contributed by atoms with Gasteiger partial charge in [-0.3, -0.25) is 14.6 Å². The minimum absolute atomic E-state index is 0.264. The highest BCUT2D eigenvalue weighted by Crippen LogP contribution is 2.50. The highest BCUT2D eigenvalue weighted by Gasteiger charge is 2.53. The number of fused-ring (bicyclic) bond motifs is 1. The molecule has 2 aliphatic carbocycles. The van der Waals surface area contributed by atoms with Crippen LogP contribution in [0.3, 0.4) is 0 Å². The molecule has 2 saturated carbocycles. The zero-order valence-corrected chi connectivity index (χ0v) is 21.5. The number of aromatic nitrogens is 4. The number of carbonyl (C=O) groups excluding carboxylic acids is 1. The number of halogens is 3. The lowest BCUT2D eigenvalue weighted by molar-refractivity contribution is -0.192. The van der Waals surface area contributed by atoms with E-state index >= 15 is 0 Å². The Morgan fingerprint density at radius 2 is 1.82 bits per heavy atom. The van der Waals surface area contributed by atoms with Crippen LogP contribution in [0.25, 0.3) is 11.3 Å². The van der Waals surface area contributed by atoms with Crippen LogP contribution in [0.5, 0.6) is 5.75 Å². The molecule has 0 spiro atoms. The van der Waals surface area contributed by atoms with Crippen molar-refractivity contribution in [3.63, 3.8) is 0 Å². The normalized spacial score (nSPS) is 17.9. The second-order valence-electron chi connectivity index (χ2n) is 10.3. The minimum Gasteiger partial charge on any atom is -0.497 e. The van der Waals surface area contributed by atoms with Crippen LogP contribution in [-0.4, -0.2) is 68.2 Å². The van der Waals surface area contributed by atoms with Gasteiger partial charge in [0.05, 0.1) is 24.4 Å². The first-order chi connectivity index (χ1) is 18.6. The van der Waals surface area contributed by atoms with Gasteiger partial charge in [0, 0.05) is 49.1 Å². The van der Waals surface area contributed by atoms with Crippen LogP contribution in [0.2, 0.25) is 0 Å². The van der Waals surface area contributed by atoms with E-state index in [-0.39, 0.29) is 11.3 Å². The van der Waals surface area contributed by atoms with Crippen LogP contribution in [0.4, 0.5) is 13.2 Å². The van der Waals surface area contributed by atoms with Gasteiger partial charge in [-0.25, -0.2) is 4.79 Å². The van der Waals surface area contributed by atoms with Crippen LogP contribution in [0.1, 0.15) is 42.5 Å². The van der Waals surface area contributed by atoms with E-state index < -0.39 is 12.1 Å². The van der Waals surface area contributed by atoms with Crippen LogP contribution >= 0.6 is 0 Å². The number of hydrogen-bond acceptors (Lipinski definition) is 5. The molecule has 3 aliphatic rings. The highest BCUT2D eigenvalue weighted by molar-refractivity contribution is 5.91. The van der Waals surface area contributed by atoms with Crippen LogP contribution in [0, 0.1) is 5.92 Å². The third kappa shape index (κ3) is 5.79. The molecule has 1 amide bonds. The van der Waals surface area contributed by atoms with Crippen molar-refractivity contribution in [1.82, 2.24) is 24.9 Å². The number of benzene rings is 1. The molecule has 1 aliphatic heterocycles. The lowest BCUT2D eigenvalue weighted by Crippen LogP contribution is -2.40. The second kappa shape index (κ2) is 10.4. The maximum Gasteiger partial charge on any atom is 0.490 e. The van der Waals surface area contributed by atoms with Gasteiger partial charge in [0.15, 0.2) is 0 Å². The Hall–Kier alpha value is -3.83. The first kappa shape index (κ1) is 26.8. The molecule has 0 radical (unpaired) electrons. The molecule has 0 saturated heterocycles. The Kier molecular flexibility index (Phi) is 7.13. The number of ether oxygens (including phenoxy) is 1. The SMILES string of the molecule is COc1ccc(C2(C(=O)N3CCc4[nH]nc(-c5cnn(CC6CC6)c5)c4CC3)CC2)cc1.O=C(O)C(F)(F)F. The van der Waals surface area contributed by atoms with Gasteiger partial charge in [-0.1, -0.05) is 12.1 Å². The van der Waals surface area contributed by atoms with Gasteiger partial charge in [-0.2, -0.15) is 23.4 Å². The molecule has 2 aromatic heterocycles. The Morgan fingerprint density at radius 1 is 1.15 bits per heavy atom. The third-order valence-corrected chi connectivity index (χ3v) is 7.60. The van der Waals surface area contributed by atoms with Crippen molar-refractivity contribution in [2.45, 2.75) is 56.7 Å². The number of alkyl halides is 3. The quantitative estimate of drug-likeness (QED) is 0.485. The summed E-state index contributed by atoms with van der Waals surface area (Å²) in [6.07, 6.45) is 5.06. The summed E-state index contributed by atoms with van der Waals surface area (Å²) in [6.45, 7) is 2.46. The maximum absolute atomic E-state index is 13.6. The molecule has 1 aromatic carbocycles. The van der Waals surface area contributed by atoms with E-state index in [1.54, 1.807) is 7.11 Å². The summed E-state index contributed by atoms with van der Waals surface area (Å²) in [4.78, 5) is 24.5. The molecule has 12 heteroatoms. The van der Waals surface area contributed by atoms with Gasteiger partial charge in [-0.15, -0.1) is 0 Å². The zero-order valence-electron chi connectivity index (χ0n) is 21.5. The van der Waals surface area contributed by atoms with Gasteiger partial charge in [-0.05, 0) is 55.7 Å². The van der Waals surface area contributed by atoms with Crippen LogP contribution in [0.15, 0.2) is 36.7 Å². The predicted molar refractivity (Wildman–Crippen MR) is 134 cm³/mol. The van der Waals surface area contributed by atoms with Gasteiger partial charge in [0.2, 0.25) is 5.91 Å². The Morgan fingerprint density at radius 3 is 2.41 bits per heavy atom. The van der Waals surface area contributed by atoms with E-state index in [4.69, 9.17) is 14.6 Å². The van der Waals surface area contributed by atoms with E-state index in [0.717, 1.165) is 79.5 Å². The van der Waals surface area contributed by atoms with Crippen molar-refractivity contribution < 1.29 is 32.6 Å². The Bertz CT molecular complexity index is 1340. The third-order valence-electron chi connectivity index (χ3n) is 7.60. The van der Waals surface area contributed by atoms with Crippen molar-refractivity contribution in [1.29, 1.82) is 0 Å². The Labute approximate surface area is 222 Å². The van der Waals surface area contributed by atoms with E-state index in [1.165, 1.54) is 18.4 Å². The number of nitrogens with one attached hydrogen (secondary N) is 1. The number of methoxy groups -OCH3 is 1. The predicted octanol–water partition coefficient (Wildman–Crippen LogP) is 3.98. The largest absolute Gasteiger partial charge is 0.497 e. The summed E-state index contributed by atoms with van der Waals surface area (Å²) in [5, 5.41) is 19.5. The molecule has 3 heterocycles. The Balaban J connectivity index is 0.000000392. The molecule has 9 nitrogen and oxygen atoms in total. The van der Waals surface area contributed by atoms with E-state index in [1.807, 2.05) is 35.1 Å². The molecule has 0 atom stereocenters. The first-order valence-corrected chi connectivity index (χ1v) is 12.9. The second-order valence-corrected chi connectivity index (χ2v) is 10.3. The van der Waals surface area contributed by atoms with Gasteiger partial charge < -0.3 is 14.7 Å². The molecule has 0 bridgehead atoms. The number of amides is 1. The molecule has 2 fully saturated rings. The fraction of sp³-hybridized carbons (Fsp3) is 0.481. The number of aliphatic carboxylic acids is 1. The number of carbonyl (C=O) groups is 2. The number of aromatic amines is 1. The maximum atomic E-state index is 13.6. The van der Waals surface area contributed by atoms with Crippen molar-refractivity contribution in [2.75, 3.05) is 20.2 Å². The van der Waals surface area contributed by atoms with Crippen molar-refractivity contribution in [3.8, 4) is 17.0 Å². The summed E-state index contributed by atoms with van der Waals surface area (Å²) in [5.41, 5.74) is 5.21. The number of carboxylic acids is 1. The molecule has 3 aromatic rings. The first-order valence-electron chi connectivity index (χ1n) is 12.9. The van der Waals surface area contributed by atoms with E-state index in [9.17, 15) is 18.0 Å². The standard InChI is InChI=1S/C25H29N5O2.C2HF3O2/c1-32-20-6-4-19(5-7-20)25(10-11-25)24(31)29-12-8-21-22(9-13-29)27-28-23(21)18-14-26-30(16-18)15-17-2-3-17;3-2(4,5)1(6)7/h4-7,14,16-17H,2-3,8-13,15H2,1H3,(H,27,28);(H,6,7). The highest BCUT2D eigenvalue weighted by atomic mass is 19.4. The summed E-state index contributed by atoms with van der Waals surface area (Å²) in [6, 6.07) is 8.01. The molecule has 0 unspecified atom stereocenters. The minimum atomic E-state index is -5.08. The van der Waals surface area contributed by atoms with Gasteiger partial charge in [0.25, 0.3) is 0 Å². The topological polar surface area (TPSA) is 113 Å². The summed E-state index contributed by atoms with van der Waals surface area (Å²) >= 11 is 0. The molecule has 2 N–H and O–H groups in total. The number of hydrogen-bond donors (Lipinski definition) is 2. The average Bonchev–Trinajstić information content (AvgIpc) is 3.83. The van der Waals surface area contributed by atoms with Crippen molar-refractivity contribution >= 4 is 11.9 Å². The van der Waals surface area contributed by atoms with Gasteiger partial charge >= 0.3 is 12.1 Å². The zero-order chi connectivity index (χ0) is 27.8. The van der Waals surface area contributed by atoms with Crippen LogP contribution < -0.4 is 4.74 Å². The summed E-state index contributed by atoms with van der Waals surface area (Å²) in [5.74, 6) is -0.878.